The Morgan fingerprint density at radius 1 is 1.50 bits per heavy atom. The lowest BCUT2D eigenvalue weighted by Gasteiger charge is -2.08. The molecule has 2 N–H and O–H groups in total. The van der Waals surface area contributed by atoms with Gasteiger partial charge < -0.3 is 10.3 Å². The van der Waals surface area contributed by atoms with Gasteiger partial charge in [-0.3, -0.25) is 9.00 Å². The van der Waals surface area contributed by atoms with Gasteiger partial charge in [0.1, 0.15) is 0 Å². The van der Waals surface area contributed by atoms with E-state index in [1.54, 1.807) is 22.9 Å². The van der Waals surface area contributed by atoms with Crippen LogP contribution in [0.25, 0.3) is 0 Å². The summed E-state index contributed by atoms with van der Waals surface area (Å²) in [5.41, 5.74) is 5.41. The van der Waals surface area contributed by atoms with Gasteiger partial charge >= 0.3 is 0 Å². The van der Waals surface area contributed by atoms with E-state index in [0.29, 0.717) is 24.6 Å². The topological polar surface area (TPSA) is 65.1 Å². The highest BCUT2D eigenvalue weighted by molar-refractivity contribution is 7.84. The molecule has 0 aliphatic heterocycles. The number of pyridine rings is 1. The first-order chi connectivity index (χ1) is 7.63. The van der Waals surface area contributed by atoms with Gasteiger partial charge in [0.05, 0.1) is 0 Å². The normalized spacial score (nSPS) is 14.6. The Kier molecular flexibility index (Phi) is 5.42. The molecule has 0 saturated carbocycles. The third-order valence-electron chi connectivity index (χ3n) is 2.33. The molecule has 2 atom stereocenters. The second-order valence-corrected chi connectivity index (χ2v) is 5.50. The molecular formula is C11H18N2O2S. The van der Waals surface area contributed by atoms with E-state index >= 15 is 0 Å². The van der Waals surface area contributed by atoms with Crippen molar-refractivity contribution in [3.8, 4) is 0 Å². The molecule has 0 aromatic carbocycles. The fourth-order valence-electron chi connectivity index (χ4n) is 1.31. The fourth-order valence-corrected chi connectivity index (χ4v) is 2.65. The van der Waals surface area contributed by atoms with Crippen LogP contribution in [0.5, 0.6) is 0 Å². The van der Waals surface area contributed by atoms with Gasteiger partial charge in [-0.25, -0.2) is 0 Å². The number of nitrogens with zero attached hydrogens (tertiary/aromatic N) is 1. The second-order valence-electron chi connectivity index (χ2n) is 3.88. The molecule has 1 aromatic heterocycles. The van der Waals surface area contributed by atoms with Crippen LogP contribution in [0.3, 0.4) is 0 Å². The van der Waals surface area contributed by atoms with Gasteiger partial charge in [0.15, 0.2) is 0 Å². The Balaban J connectivity index is 2.43. The lowest BCUT2D eigenvalue weighted by atomic mass is 10.2. The van der Waals surface area contributed by atoms with Crippen LogP contribution in [0.2, 0.25) is 0 Å². The van der Waals surface area contributed by atoms with E-state index in [2.05, 4.69) is 0 Å². The highest BCUT2D eigenvalue weighted by Crippen LogP contribution is 1.96. The molecule has 1 rings (SSSR count). The average molecular weight is 242 g/mol. The zero-order valence-corrected chi connectivity index (χ0v) is 10.3. The Morgan fingerprint density at radius 2 is 2.25 bits per heavy atom. The zero-order valence-electron chi connectivity index (χ0n) is 9.46. The maximum Gasteiger partial charge on any atom is 0.250 e. The SMILES string of the molecule is CC(CN)CS(=O)CCn1ccccc1=O. The summed E-state index contributed by atoms with van der Waals surface area (Å²) < 4.78 is 13.2. The zero-order chi connectivity index (χ0) is 12.0. The molecule has 0 saturated heterocycles. The van der Waals surface area contributed by atoms with Crippen LogP contribution in [0.4, 0.5) is 0 Å². The van der Waals surface area contributed by atoms with E-state index in [4.69, 9.17) is 5.73 Å². The second kappa shape index (κ2) is 6.60. The van der Waals surface area contributed by atoms with E-state index in [1.807, 2.05) is 6.92 Å². The van der Waals surface area contributed by atoms with Crippen molar-refractivity contribution in [2.24, 2.45) is 11.7 Å². The number of hydrogen-bond acceptors (Lipinski definition) is 3. The molecule has 0 spiro atoms. The number of rotatable bonds is 6. The van der Waals surface area contributed by atoms with Crippen molar-refractivity contribution in [3.05, 3.63) is 34.7 Å². The third kappa shape index (κ3) is 4.28. The summed E-state index contributed by atoms with van der Waals surface area (Å²) in [4.78, 5) is 11.4. The molecule has 4 nitrogen and oxygen atoms in total. The monoisotopic (exact) mass is 242 g/mol. The predicted octanol–water partition coefficient (Wildman–Crippen LogP) is 0.192. The molecule has 0 fully saturated rings. The van der Waals surface area contributed by atoms with Crippen molar-refractivity contribution < 1.29 is 4.21 Å². The Morgan fingerprint density at radius 3 is 2.88 bits per heavy atom. The van der Waals surface area contributed by atoms with Gasteiger partial charge in [-0.15, -0.1) is 0 Å². The summed E-state index contributed by atoms with van der Waals surface area (Å²) in [6, 6.07) is 5.00. The van der Waals surface area contributed by atoms with E-state index in [9.17, 15) is 9.00 Å². The van der Waals surface area contributed by atoms with Crippen molar-refractivity contribution in [1.82, 2.24) is 4.57 Å². The molecule has 2 unspecified atom stereocenters. The van der Waals surface area contributed by atoms with Gasteiger partial charge in [-0.2, -0.15) is 0 Å². The van der Waals surface area contributed by atoms with Crippen LogP contribution in [0.1, 0.15) is 6.92 Å². The summed E-state index contributed by atoms with van der Waals surface area (Å²) in [5.74, 6) is 1.39. The lowest BCUT2D eigenvalue weighted by molar-refractivity contribution is 0.633. The molecule has 5 heteroatoms. The fraction of sp³-hybridized carbons (Fsp3) is 0.545. The quantitative estimate of drug-likeness (QED) is 0.774. The third-order valence-corrected chi connectivity index (χ3v) is 3.91. The van der Waals surface area contributed by atoms with Gasteiger partial charge in [0.25, 0.3) is 5.56 Å². The van der Waals surface area contributed by atoms with Crippen LogP contribution in [-0.4, -0.2) is 26.8 Å². The maximum absolute atomic E-state index is 11.6. The first-order valence-corrected chi connectivity index (χ1v) is 6.82. The summed E-state index contributed by atoms with van der Waals surface area (Å²) in [6.45, 7) is 3.03. The van der Waals surface area contributed by atoms with Gasteiger partial charge in [-0.05, 0) is 18.5 Å². The highest BCUT2D eigenvalue weighted by Gasteiger charge is 2.06. The summed E-state index contributed by atoms with van der Waals surface area (Å²) in [6.07, 6.45) is 1.71. The first kappa shape index (κ1) is 13.1. The first-order valence-electron chi connectivity index (χ1n) is 5.34. The average Bonchev–Trinajstić information content (AvgIpc) is 2.28. The van der Waals surface area contributed by atoms with Gasteiger partial charge in [-0.1, -0.05) is 13.0 Å². The molecule has 0 aliphatic rings. The maximum atomic E-state index is 11.6. The van der Waals surface area contributed by atoms with Crippen LogP contribution < -0.4 is 11.3 Å². The van der Waals surface area contributed by atoms with Crippen molar-refractivity contribution in [1.29, 1.82) is 0 Å². The molecule has 16 heavy (non-hydrogen) atoms. The Bertz CT molecular complexity index is 403. The smallest absolute Gasteiger partial charge is 0.250 e. The van der Waals surface area contributed by atoms with Crippen LogP contribution in [0.15, 0.2) is 29.2 Å². The van der Waals surface area contributed by atoms with Crippen molar-refractivity contribution >= 4 is 10.8 Å². The van der Waals surface area contributed by atoms with E-state index in [0.717, 1.165) is 0 Å². The number of nitrogens with two attached hydrogens (primary N) is 1. The molecule has 1 heterocycles. The standard InChI is InChI=1S/C11H18N2O2S/c1-10(8-12)9-16(15)7-6-13-5-3-2-4-11(13)14/h2-5,10H,6-9,12H2,1H3. The number of hydrogen-bond donors (Lipinski definition) is 1. The van der Waals surface area contributed by atoms with E-state index < -0.39 is 10.8 Å². The molecule has 0 aliphatic carbocycles. The minimum absolute atomic E-state index is 0.0497. The van der Waals surface area contributed by atoms with Crippen molar-refractivity contribution in [3.63, 3.8) is 0 Å². The van der Waals surface area contributed by atoms with Crippen LogP contribution in [0, 0.1) is 5.92 Å². The number of aromatic nitrogens is 1. The molecule has 0 bridgehead atoms. The molecular weight excluding hydrogens is 224 g/mol. The van der Waals surface area contributed by atoms with Crippen molar-refractivity contribution in [2.45, 2.75) is 13.5 Å². The van der Waals surface area contributed by atoms with Crippen LogP contribution in [-0.2, 0) is 17.3 Å². The van der Waals surface area contributed by atoms with Crippen molar-refractivity contribution in [2.75, 3.05) is 18.1 Å². The van der Waals surface area contributed by atoms with Crippen LogP contribution >= 0.6 is 0 Å². The summed E-state index contributed by atoms with van der Waals surface area (Å²) >= 11 is 0. The largest absolute Gasteiger partial charge is 0.330 e. The molecule has 1 aromatic rings. The summed E-state index contributed by atoms with van der Waals surface area (Å²) in [5, 5.41) is 0. The van der Waals surface area contributed by atoms with Gasteiger partial charge in [0.2, 0.25) is 0 Å². The molecule has 90 valence electrons. The minimum Gasteiger partial charge on any atom is -0.330 e. The van der Waals surface area contributed by atoms with E-state index in [1.165, 1.54) is 6.07 Å². The predicted molar refractivity (Wildman–Crippen MR) is 66.8 cm³/mol. The minimum atomic E-state index is -0.898. The van der Waals surface area contributed by atoms with E-state index in [-0.39, 0.29) is 11.5 Å². The Hall–Kier alpha value is -0.940. The lowest BCUT2D eigenvalue weighted by Crippen LogP contribution is -2.24. The number of aryl methyl sites for hydroxylation is 1. The summed E-state index contributed by atoms with van der Waals surface area (Å²) in [7, 11) is -0.898. The molecule has 0 radical (unpaired) electrons. The Labute approximate surface area is 97.9 Å². The van der Waals surface area contributed by atoms with Gasteiger partial charge in [0, 0.05) is 41.1 Å². The highest BCUT2D eigenvalue weighted by atomic mass is 32.2. The molecule has 0 amide bonds.